The maximum atomic E-state index is 12.5. The van der Waals surface area contributed by atoms with Crippen molar-refractivity contribution >= 4 is 37.2 Å². The number of rotatable bonds is 6. The standard InChI is InChI=1S/C15H18ClNO5S2/c1-2-8-17(13-7-9-23(19,20)10-13)15(18)11-24(21,22)14-5-3-12(16)4-6-14/h2-6,13H,1,7-11H2. The van der Waals surface area contributed by atoms with Crippen molar-refractivity contribution < 1.29 is 21.6 Å². The highest BCUT2D eigenvalue weighted by Crippen LogP contribution is 2.20. The van der Waals surface area contributed by atoms with Crippen LogP contribution < -0.4 is 0 Å². The lowest BCUT2D eigenvalue weighted by atomic mass is 10.2. The van der Waals surface area contributed by atoms with Crippen molar-refractivity contribution in [3.63, 3.8) is 0 Å². The molecule has 1 aliphatic heterocycles. The molecule has 2 rings (SSSR count). The van der Waals surface area contributed by atoms with E-state index in [0.717, 1.165) is 0 Å². The van der Waals surface area contributed by atoms with Crippen LogP contribution in [-0.2, 0) is 24.5 Å². The minimum absolute atomic E-state index is 0.00199. The predicted molar refractivity (Wildman–Crippen MR) is 92.5 cm³/mol. The van der Waals surface area contributed by atoms with Crippen LogP contribution in [0.5, 0.6) is 0 Å². The third kappa shape index (κ3) is 4.58. The molecule has 24 heavy (non-hydrogen) atoms. The van der Waals surface area contributed by atoms with Crippen LogP contribution in [0.25, 0.3) is 0 Å². The number of hydrogen-bond donors (Lipinski definition) is 0. The van der Waals surface area contributed by atoms with Gasteiger partial charge in [0.25, 0.3) is 0 Å². The number of carbonyl (C=O) groups is 1. The molecule has 0 aromatic heterocycles. The van der Waals surface area contributed by atoms with Crippen LogP contribution in [0.3, 0.4) is 0 Å². The van der Waals surface area contributed by atoms with Gasteiger partial charge in [0.1, 0.15) is 5.75 Å². The van der Waals surface area contributed by atoms with Crippen LogP contribution in [0.1, 0.15) is 6.42 Å². The number of carbonyl (C=O) groups excluding carboxylic acids is 1. The van der Waals surface area contributed by atoms with Gasteiger partial charge in [-0.3, -0.25) is 4.79 Å². The van der Waals surface area contributed by atoms with Crippen molar-refractivity contribution in [3.8, 4) is 0 Å². The molecular weight excluding hydrogens is 374 g/mol. The van der Waals surface area contributed by atoms with E-state index in [-0.39, 0.29) is 22.9 Å². The molecule has 1 heterocycles. The largest absolute Gasteiger partial charge is 0.334 e. The fourth-order valence-corrected chi connectivity index (χ4v) is 5.65. The molecule has 0 spiro atoms. The lowest BCUT2D eigenvalue weighted by Crippen LogP contribution is -2.44. The fourth-order valence-electron chi connectivity index (χ4n) is 2.59. The molecule has 1 aromatic rings. The van der Waals surface area contributed by atoms with Crippen LogP contribution in [-0.4, -0.2) is 57.5 Å². The molecule has 132 valence electrons. The van der Waals surface area contributed by atoms with E-state index < -0.39 is 37.4 Å². The van der Waals surface area contributed by atoms with Crippen molar-refractivity contribution in [1.29, 1.82) is 0 Å². The first-order valence-corrected chi connectivity index (χ1v) is 11.1. The van der Waals surface area contributed by atoms with Crippen LogP contribution in [0.15, 0.2) is 41.8 Å². The zero-order valence-corrected chi connectivity index (χ0v) is 15.3. The number of nitrogens with zero attached hydrogens (tertiary/aromatic N) is 1. The molecular formula is C15H18ClNO5S2. The summed E-state index contributed by atoms with van der Waals surface area (Å²) < 4.78 is 48.0. The minimum atomic E-state index is -3.83. The molecule has 0 N–H and O–H groups in total. The van der Waals surface area contributed by atoms with Gasteiger partial charge >= 0.3 is 0 Å². The number of benzene rings is 1. The molecule has 1 atom stereocenters. The Balaban J connectivity index is 2.18. The molecule has 1 aliphatic rings. The molecule has 1 unspecified atom stereocenters. The second-order valence-corrected chi connectivity index (χ2v) is 10.3. The van der Waals surface area contributed by atoms with Gasteiger partial charge in [-0.2, -0.15) is 0 Å². The van der Waals surface area contributed by atoms with E-state index in [9.17, 15) is 21.6 Å². The first-order valence-electron chi connectivity index (χ1n) is 7.24. The Bertz CT molecular complexity index is 831. The Morgan fingerprint density at radius 2 is 1.96 bits per heavy atom. The summed E-state index contributed by atoms with van der Waals surface area (Å²) in [5, 5.41) is 0.393. The van der Waals surface area contributed by atoms with Crippen molar-refractivity contribution in [2.24, 2.45) is 0 Å². The highest BCUT2D eigenvalue weighted by atomic mass is 35.5. The van der Waals surface area contributed by atoms with Gasteiger partial charge in [-0.1, -0.05) is 17.7 Å². The average Bonchev–Trinajstić information content (AvgIpc) is 2.84. The molecule has 1 fully saturated rings. The molecule has 1 amide bonds. The summed E-state index contributed by atoms with van der Waals surface area (Å²) in [4.78, 5) is 13.7. The Morgan fingerprint density at radius 3 is 2.46 bits per heavy atom. The van der Waals surface area contributed by atoms with Gasteiger partial charge in [-0.15, -0.1) is 6.58 Å². The third-order valence-corrected chi connectivity index (χ3v) is 7.40. The Hall–Kier alpha value is -1.38. The van der Waals surface area contributed by atoms with Crippen LogP contribution >= 0.6 is 11.6 Å². The minimum Gasteiger partial charge on any atom is -0.334 e. The second kappa shape index (κ2) is 7.25. The van der Waals surface area contributed by atoms with Crippen molar-refractivity contribution in [1.82, 2.24) is 4.90 Å². The molecule has 0 radical (unpaired) electrons. The second-order valence-electron chi connectivity index (χ2n) is 5.60. The van der Waals surface area contributed by atoms with E-state index in [1.165, 1.54) is 35.2 Å². The SMILES string of the molecule is C=CCN(C(=O)CS(=O)(=O)c1ccc(Cl)cc1)C1CCS(=O)(=O)C1. The predicted octanol–water partition coefficient (Wildman–Crippen LogP) is 1.32. The molecule has 9 heteroatoms. The Kier molecular flexibility index (Phi) is 5.72. The van der Waals surface area contributed by atoms with E-state index in [1.807, 2.05) is 0 Å². The Labute approximate surface area is 146 Å². The summed E-state index contributed by atoms with van der Waals surface area (Å²) in [5.74, 6) is -1.50. The molecule has 1 aromatic carbocycles. The summed E-state index contributed by atoms with van der Waals surface area (Å²) in [5.41, 5.74) is 0. The van der Waals surface area contributed by atoms with E-state index in [4.69, 9.17) is 11.6 Å². The van der Waals surface area contributed by atoms with Gasteiger partial charge in [0, 0.05) is 17.6 Å². The first-order chi connectivity index (χ1) is 11.1. The van der Waals surface area contributed by atoms with Gasteiger partial charge in [0.15, 0.2) is 19.7 Å². The van der Waals surface area contributed by atoms with E-state index in [0.29, 0.717) is 11.4 Å². The van der Waals surface area contributed by atoms with Crippen molar-refractivity contribution in [2.45, 2.75) is 17.4 Å². The van der Waals surface area contributed by atoms with Crippen molar-refractivity contribution in [3.05, 3.63) is 41.9 Å². The topological polar surface area (TPSA) is 88.6 Å². The summed E-state index contributed by atoms with van der Waals surface area (Å²) in [6.45, 7) is 3.65. The number of amides is 1. The zero-order chi connectivity index (χ0) is 18.0. The third-order valence-electron chi connectivity index (χ3n) is 3.78. The summed E-state index contributed by atoms with van der Waals surface area (Å²) in [6, 6.07) is 5.03. The zero-order valence-electron chi connectivity index (χ0n) is 12.9. The molecule has 1 saturated heterocycles. The van der Waals surface area contributed by atoms with Crippen LogP contribution in [0.4, 0.5) is 0 Å². The normalized spacial score (nSPS) is 19.8. The maximum absolute atomic E-state index is 12.5. The van der Waals surface area contributed by atoms with E-state index in [2.05, 4.69) is 6.58 Å². The summed E-state index contributed by atoms with van der Waals surface area (Å²) >= 11 is 5.73. The molecule has 0 bridgehead atoms. The van der Waals surface area contributed by atoms with Crippen molar-refractivity contribution in [2.75, 3.05) is 23.8 Å². The van der Waals surface area contributed by atoms with Crippen LogP contribution in [0, 0.1) is 0 Å². The Morgan fingerprint density at radius 1 is 1.33 bits per heavy atom. The first kappa shape index (κ1) is 19.0. The van der Waals surface area contributed by atoms with E-state index >= 15 is 0 Å². The van der Waals surface area contributed by atoms with Gasteiger partial charge < -0.3 is 4.90 Å². The number of halogens is 1. The fraction of sp³-hybridized carbons (Fsp3) is 0.400. The lowest BCUT2D eigenvalue weighted by molar-refractivity contribution is -0.129. The maximum Gasteiger partial charge on any atom is 0.238 e. The molecule has 0 saturated carbocycles. The van der Waals surface area contributed by atoms with Gasteiger partial charge in [0.2, 0.25) is 5.91 Å². The van der Waals surface area contributed by atoms with Gasteiger partial charge in [0.05, 0.1) is 16.4 Å². The highest BCUT2D eigenvalue weighted by molar-refractivity contribution is 7.92. The van der Waals surface area contributed by atoms with Crippen LogP contribution in [0.2, 0.25) is 5.02 Å². The van der Waals surface area contributed by atoms with Gasteiger partial charge in [-0.05, 0) is 30.7 Å². The average molecular weight is 392 g/mol. The quantitative estimate of drug-likeness (QED) is 0.682. The van der Waals surface area contributed by atoms with E-state index in [1.54, 1.807) is 0 Å². The number of hydrogen-bond acceptors (Lipinski definition) is 5. The monoisotopic (exact) mass is 391 g/mol. The smallest absolute Gasteiger partial charge is 0.238 e. The van der Waals surface area contributed by atoms with Gasteiger partial charge in [-0.25, -0.2) is 16.8 Å². The molecule has 6 nitrogen and oxygen atoms in total. The summed E-state index contributed by atoms with van der Waals surface area (Å²) in [7, 11) is -7.02. The molecule has 0 aliphatic carbocycles. The lowest BCUT2D eigenvalue weighted by Gasteiger charge is -2.27. The number of sulfone groups is 2. The highest BCUT2D eigenvalue weighted by Gasteiger charge is 2.35. The summed E-state index contributed by atoms with van der Waals surface area (Å²) in [6.07, 6.45) is 1.76.